The van der Waals surface area contributed by atoms with E-state index in [9.17, 15) is 9.18 Å². The highest BCUT2D eigenvalue weighted by molar-refractivity contribution is 5.89. The molecule has 144 valence electrons. The highest BCUT2D eigenvalue weighted by atomic mass is 19.1. The number of rotatable bonds is 4. The van der Waals surface area contributed by atoms with Crippen LogP contribution in [0.3, 0.4) is 0 Å². The standard InChI is InChI=1S/C18H22FN5O3/c1-12-4-5-13(10-14(12)19)20-18(25)24-8-6-23(7-9-24)15-11-16(26-2)22-17(21-15)27-3/h4-5,10-11H,6-9H2,1-3H3,(H,20,25). The molecule has 0 saturated carbocycles. The third-order valence-corrected chi connectivity index (χ3v) is 4.37. The number of amides is 2. The summed E-state index contributed by atoms with van der Waals surface area (Å²) in [5.41, 5.74) is 0.980. The lowest BCUT2D eigenvalue weighted by molar-refractivity contribution is 0.208. The molecule has 2 heterocycles. The lowest BCUT2D eigenvalue weighted by atomic mass is 10.2. The van der Waals surface area contributed by atoms with Crippen LogP contribution in [0.4, 0.5) is 20.7 Å². The first-order chi connectivity index (χ1) is 13.0. The molecule has 3 rings (SSSR count). The van der Waals surface area contributed by atoms with Crippen LogP contribution in [-0.4, -0.2) is 61.3 Å². The van der Waals surface area contributed by atoms with Crippen molar-refractivity contribution in [2.24, 2.45) is 0 Å². The molecule has 1 N–H and O–H groups in total. The van der Waals surface area contributed by atoms with Crippen LogP contribution in [-0.2, 0) is 0 Å². The van der Waals surface area contributed by atoms with Crippen LogP contribution in [0.15, 0.2) is 24.3 Å². The fourth-order valence-electron chi connectivity index (χ4n) is 2.76. The normalized spacial score (nSPS) is 14.1. The minimum atomic E-state index is -0.343. The molecule has 0 aliphatic carbocycles. The number of carbonyl (C=O) groups is 1. The van der Waals surface area contributed by atoms with Crippen molar-refractivity contribution in [1.82, 2.24) is 14.9 Å². The molecular weight excluding hydrogens is 353 g/mol. The van der Waals surface area contributed by atoms with Gasteiger partial charge in [-0.2, -0.15) is 9.97 Å². The van der Waals surface area contributed by atoms with Gasteiger partial charge in [0.15, 0.2) is 0 Å². The summed E-state index contributed by atoms with van der Waals surface area (Å²) in [5.74, 6) is 0.752. The molecule has 1 aliphatic heterocycles. The number of methoxy groups -OCH3 is 2. The first kappa shape index (κ1) is 18.7. The smallest absolute Gasteiger partial charge is 0.321 e. The van der Waals surface area contributed by atoms with Gasteiger partial charge >= 0.3 is 12.0 Å². The molecule has 2 amide bonds. The van der Waals surface area contributed by atoms with Gasteiger partial charge in [-0.15, -0.1) is 0 Å². The van der Waals surface area contributed by atoms with Gasteiger partial charge in [-0.05, 0) is 24.6 Å². The molecule has 8 nitrogen and oxygen atoms in total. The van der Waals surface area contributed by atoms with Crippen molar-refractivity contribution in [3.05, 3.63) is 35.6 Å². The number of carbonyl (C=O) groups excluding carboxylic acids is 1. The largest absolute Gasteiger partial charge is 0.481 e. The molecule has 0 atom stereocenters. The van der Waals surface area contributed by atoms with E-state index in [0.29, 0.717) is 49.1 Å². The minimum absolute atomic E-state index is 0.228. The van der Waals surface area contributed by atoms with Crippen molar-refractivity contribution >= 4 is 17.5 Å². The van der Waals surface area contributed by atoms with Crippen LogP contribution >= 0.6 is 0 Å². The zero-order chi connectivity index (χ0) is 19.4. The van der Waals surface area contributed by atoms with Crippen molar-refractivity contribution in [2.75, 3.05) is 50.6 Å². The van der Waals surface area contributed by atoms with Gasteiger partial charge in [0.2, 0.25) is 5.88 Å². The first-order valence-electron chi connectivity index (χ1n) is 8.54. The zero-order valence-electron chi connectivity index (χ0n) is 15.5. The monoisotopic (exact) mass is 375 g/mol. The summed E-state index contributed by atoms with van der Waals surface area (Å²) >= 11 is 0. The van der Waals surface area contributed by atoms with E-state index < -0.39 is 0 Å². The van der Waals surface area contributed by atoms with Crippen LogP contribution in [0.1, 0.15) is 5.56 Å². The molecule has 0 spiro atoms. The van der Waals surface area contributed by atoms with Crippen molar-refractivity contribution in [1.29, 1.82) is 0 Å². The molecule has 1 aliphatic rings. The summed E-state index contributed by atoms with van der Waals surface area (Å²) in [4.78, 5) is 24.5. The van der Waals surface area contributed by atoms with Crippen molar-refractivity contribution in [3.8, 4) is 11.9 Å². The van der Waals surface area contributed by atoms with E-state index in [1.165, 1.54) is 20.3 Å². The Balaban J connectivity index is 1.61. The van der Waals surface area contributed by atoms with E-state index in [1.807, 2.05) is 4.90 Å². The number of aryl methyl sites for hydroxylation is 1. The number of anilines is 2. The summed E-state index contributed by atoms with van der Waals surface area (Å²) in [6.07, 6.45) is 0. The molecule has 0 unspecified atom stereocenters. The second-order valence-electron chi connectivity index (χ2n) is 6.12. The topological polar surface area (TPSA) is 79.8 Å². The minimum Gasteiger partial charge on any atom is -0.481 e. The number of nitrogens with one attached hydrogen (secondary N) is 1. The number of nitrogens with zero attached hydrogens (tertiary/aromatic N) is 4. The molecule has 9 heteroatoms. The average molecular weight is 375 g/mol. The van der Waals surface area contributed by atoms with Crippen LogP contribution in [0, 0.1) is 12.7 Å². The zero-order valence-corrected chi connectivity index (χ0v) is 15.5. The van der Waals surface area contributed by atoms with Crippen LogP contribution in [0.2, 0.25) is 0 Å². The maximum Gasteiger partial charge on any atom is 0.321 e. The van der Waals surface area contributed by atoms with E-state index in [0.717, 1.165) is 0 Å². The Morgan fingerprint density at radius 3 is 2.48 bits per heavy atom. The molecular formula is C18H22FN5O3. The van der Waals surface area contributed by atoms with Gasteiger partial charge in [0.1, 0.15) is 11.6 Å². The quantitative estimate of drug-likeness (QED) is 0.883. The van der Waals surface area contributed by atoms with Crippen LogP contribution < -0.4 is 19.7 Å². The summed E-state index contributed by atoms with van der Waals surface area (Å²) in [6.45, 7) is 3.89. The lowest BCUT2D eigenvalue weighted by Gasteiger charge is -2.35. The van der Waals surface area contributed by atoms with E-state index >= 15 is 0 Å². The Morgan fingerprint density at radius 1 is 1.11 bits per heavy atom. The number of hydrogen-bond donors (Lipinski definition) is 1. The second kappa shape index (κ2) is 8.07. The summed E-state index contributed by atoms with van der Waals surface area (Å²) in [5, 5.41) is 2.73. The van der Waals surface area contributed by atoms with Gasteiger partial charge in [-0.25, -0.2) is 9.18 Å². The van der Waals surface area contributed by atoms with Gasteiger partial charge in [0.05, 0.1) is 14.2 Å². The maximum atomic E-state index is 13.6. The Bertz CT molecular complexity index is 802. The van der Waals surface area contributed by atoms with Gasteiger partial charge in [0, 0.05) is 37.9 Å². The molecule has 2 aromatic rings. The van der Waals surface area contributed by atoms with E-state index in [1.54, 1.807) is 30.0 Å². The molecule has 1 aromatic carbocycles. The molecule has 0 bridgehead atoms. The van der Waals surface area contributed by atoms with Gasteiger partial charge < -0.3 is 24.6 Å². The summed E-state index contributed by atoms with van der Waals surface area (Å²) in [6, 6.07) is 6.35. The number of ether oxygens (including phenoxy) is 2. The van der Waals surface area contributed by atoms with Gasteiger partial charge in [-0.3, -0.25) is 0 Å². The number of halogens is 1. The number of benzene rings is 1. The van der Waals surface area contributed by atoms with E-state index in [4.69, 9.17) is 9.47 Å². The highest BCUT2D eigenvalue weighted by Crippen LogP contribution is 2.22. The summed E-state index contributed by atoms with van der Waals surface area (Å²) in [7, 11) is 3.02. The van der Waals surface area contributed by atoms with Gasteiger partial charge in [0.25, 0.3) is 0 Å². The molecule has 0 radical (unpaired) electrons. The second-order valence-corrected chi connectivity index (χ2v) is 6.12. The average Bonchev–Trinajstić information content (AvgIpc) is 2.70. The molecule has 27 heavy (non-hydrogen) atoms. The van der Waals surface area contributed by atoms with Gasteiger partial charge in [-0.1, -0.05) is 6.07 Å². The highest BCUT2D eigenvalue weighted by Gasteiger charge is 2.23. The summed E-state index contributed by atoms with van der Waals surface area (Å²) < 4.78 is 23.9. The SMILES string of the molecule is COc1cc(N2CCN(C(=O)Nc3ccc(C)c(F)c3)CC2)nc(OC)n1. The van der Waals surface area contributed by atoms with Crippen LogP contribution in [0.25, 0.3) is 0 Å². The third kappa shape index (κ3) is 4.36. The molecule has 1 saturated heterocycles. The Labute approximate surface area is 156 Å². The fourth-order valence-corrected chi connectivity index (χ4v) is 2.76. The van der Waals surface area contributed by atoms with Crippen molar-refractivity contribution in [2.45, 2.75) is 6.92 Å². The number of urea groups is 1. The van der Waals surface area contributed by atoms with E-state index in [2.05, 4.69) is 15.3 Å². The molecule has 1 aromatic heterocycles. The molecule has 1 fully saturated rings. The Morgan fingerprint density at radius 2 is 1.85 bits per heavy atom. The predicted molar refractivity (Wildman–Crippen MR) is 99.1 cm³/mol. The van der Waals surface area contributed by atoms with Crippen molar-refractivity contribution < 1.29 is 18.7 Å². The predicted octanol–water partition coefficient (Wildman–Crippen LogP) is 2.30. The third-order valence-electron chi connectivity index (χ3n) is 4.37. The van der Waals surface area contributed by atoms with Crippen molar-refractivity contribution in [3.63, 3.8) is 0 Å². The Hall–Kier alpha value is -3.10. The lowest BCUT2D eigenvalue weighted by Crippen LogP contribution is -2.50. The van der Waals surface area contributed by atoms with E-state index in [-0.39, 0.29) is 17.9 Å². The van der Waals surface area contributed by atoms with Crippen LogP contribution in [0.5, 0.6) is 11.9 Å². The number of piperazine rings is 1. The fraction of sp³-hybridized carbons (Fsp3) is 0.389. The first-order valence-corrected chi connectivity index (χ1v) is 8.54. The number of aromatic nitrogens is 2. The number of hydrogen-bond acceptors (Lipinski definition) is 6. The Kier molecular flexibility index (Phi) is 5.58. The maximum absolute atomic E-state index is 13.6.